The fourth-order valence-electron chi connectivity index (χ4n) is 2.06. The zero-order valence-corrected chi connectivity index (χ0v) is 12.5. The van der Waals surface area contributed by atoms with E-state index >= 15 is 0 Å². The lowest BCUT2D eigenvalue weighted by Crippen LogP contribution is -1.92. The second kappa shape index (κ2) is 5.13. The van der Waals surface area contributed by atoms with Gasteiger partial charge in [-0.05, 0) is 24.6 Å². The molecule has 2 aromatic carbocycles. The number of hydrogen-bond donors (Lipinski definition) is 1. The Kier molecular flexibility index (Phi) is 3.32. The van der Waals surface area contributed by atoms with Crippen molar-refractivity contribution in [3.63, 3.8) is 0 Å². The van der Waals surface area contributed by atoms with Gasteiger partial charge in [-0.3, -0.25) is 0 Å². The summed E-state index contributed by atoms with van der Waals surface area (Å²) >= 11 is 3.45. The van der Waals surface area contributed by atoms with E-state index in [4.69, 9.17) is 10.2 Å². The number of rotatable bonds is 2. The largest absolute Gasteiger partial charge is 0.436 e. The van der Waals surface area contributed by atoms with Gasteiger partial charge in [-0.2, -0.15) is 0 Å². The van der Waals surface area contributed by atoms with Crippen LogP contribution in [0.5, 0.6) is 0 Å². The predicted molar refractivity (Wildman–Crippen MR) is 84.2 cm³/mol. The van der Waals surface area contributed by atoms with E-state index in [1.807, 2.05) is 49.4 Å². The number of nitrogen functional groups attached to an aromatic ring is 1. The van der Waals surface area contributed by atoms with Crippen LogP contribution in [-0.4, -0.2) is 4.98 Å². The molecule has 0 unspecified atom stereocenters. The Morgan fingerprint density at radius 3 is 2.65 bits per heavy atom. The van der Waals surface area contributed by atoms with Crippen LogP contribution in [0.1, 0.15) is 5.56 Å². The molecule has 0 aliphatic carbocycles. The van der Waals surface area contributed by atoms with Crippen LogP contribution < -0.4 is 5.73 Å². The first-order chi connectivity index (χ1) is 9.65. The van der Waals surface area contributed by atoms with Gasteiger partial charge in [-0.15, -0.1) is 0 Å². The summed E-state index contributed by atoms with van der Waals surface area (Å²) in [6.45, 7) is 1.96. The van der Waals surface area contributed by atoms with Crippen LogP contribution in [0.2, 0.25) is 0 Å². The third-order valence-corrected chi connectivity index (χ3v) is 3.66. The van der Waals surface area contributed by atoms with Gasteiger partial charge in [0.2, 0.25) is 5.89 Å². The van der Waals surface area contributed by atoms with Gasteiger partial charge in [0.05, 0.1) is 6.20 Å². The van der Waals surface area contributed by atoms with Crippen molar-refractivity contribution in [3.8, 4) is 22.8 Å². The zero-order chi connectivity index (χ0) is 14.1. The molecule has 3 nitrogen and oxygen atoms in total. The summed E-state index contributed by atoms with van der Waals surface area (Å²) in [4.78, 5) is 4.36. The lowest BCUT2D eigenvalue weighted by atomic mass is 10.1. The molecule has 0 radical (unpaired) electrons. The molecule has 0 saturated heterocycles. The van der Waals surface area contributed by atoms with Crippen LogP contribution in [0, 0.1) is 6.92 Å². The van der Waals surface area contributed by atoms with Crippen LogP contribution in [0.3, 0.4) is 0 Å². The van der Waals surface area contributed by atoms with Gasteiger partial charge in [0.15, 0.2) is 5.76 Å². The molecule has 0 bridgehead atoms. The summed E-state index contributed by atoms with van der Waals surface area (Å²) < 4.78 is 6.77. The topological polar surface area (TPSA) is 52.0 Å². The van der Waals surface area contributed by atoms with Crippen molar-refractivity contribution >= 4 is 21.6 Å². The van der Waals surface area contributed by atoms with E-state index < -0.39 is 0 Å². The number of anilines is 1. The van der Waals surface area contributed by atoms with E-state index in [9.17, 15) is 0 Å². The smallest absolute Gasteiger partial charge is 0.227 e. The number of halogens is 1. The number of aromatic nitrogens is 1. The Labute approximate surface area is 125 Å². The minimum absolute atomic E-state index is 0.578. The number of oxazole rings is 1. The molecule has 0 aliphatic rings. The van der Waals surface area contributed by atoms with Crippen molar-refractivity contribution < 1.29 is 4.42 Å². The lowest BCUT2D eigenvalue weighted by Gasteiger charge is -2.06. The molecular formula is C16H13BrN2O. The first-order valence-corrected chi connectivity index (χ1v) is 7.01. The third-order valence-electron chi connectivity index (χ3n) is 3.21. The van der Waals surface area contributed by atoms with E-state index in [0.29, 0.717) is 11.6 Å². The number of nitrogens with zero attached hydrogens (tertiary/aromatic N) is 1. The number of nitrogens with two attached hydrogens (primary N) is 1. The highest BCUT2D eigenvalue weighted by Gasteiger charge is 2.13. The highest BCUT2D eigenvalue weighted by Crippen LogP contribution is 2.32. The van der Waals surface area contributed by atoms with Crippen molar-refractivity contribution in [2.75, 3.05) is 5.73 Å². The van der Waals surface area contributed by atoms with Crippen molar-refractivity contribution in [3.05, 3.63) is 58.7 Å². The third kappa shape index (κ3) is 2.34. The second-order valence-corrected chi connectivity index (χ2v) is 5.48. The summed E-state index contributed by atoms with van der Waals surface area (Å²) in [7, 11) is 0. The molecule has 1 heterocycles. The van der Waals surface area contributed by atoms with E-state index in [1.165, 1.54) is 0 Å². The minimum Gasteiger partial charge on any atom is -0.436 e. The molecule has 0 aliphatic heterocycles. The molecule has 2 N–H and O–H groups in total. The molecule has 0 atom stereocenters. The predicted octanol–water partition coefficient (Wildman–Crippen LogP) is 4.66. The maximum absolute atomic E-state index is 5.98. The molecule has 100 valence electrons. The van der Waals surface area contributed by atoms with Crippen molar-refractivity contribution in [2.24, 2.45) is 0 Å². The molecule has 4 heteroatoms. The van der Waals surface area contributed by atoms with Crippen LogP contribution in [-0.2, 0) is 0 Å². The van der Waals surface area contributed by atoms with E-state index in [-0.39, 0.29) is 0 Å². The van der Waals surface area contributed by atoms with Crippen LogP contribution in [0.25, 0.3) is 22.8 Å². The first-order valence-electron chi connectivity index (χ1n) is 6.22. The van der Waals surface area contributed by atoms with Crippen LogP contribution in [0.15, 0.2) is 57.6 Å². The van der Waals surface area contributed by atoms with Gasteiger partial charge < -0.3 is 10.2 Å². The van der Waals surface area contributed by atoms with Crippen molar-refractivity contribution in [1.29, 1.82) is 0 Å². The highest BCUT2D eigenvalue weighted by atomic mass is 79.9. The standard InChI is InChI=1S/C16H13BrN2O/c1-10-13(7-12(17)8-14(10)18)16-19-9-15(20-16)11-5-3-2-4-6-11/h2-9H,18H2,1H3. The van der Waals surface area contributed by atoms with Crippen molar-refractivity contribution in [2.45, 2.75) is 6.92 Å². The van der Waals surface area contributed by atoms with Crippen molar-refractivity contribution in [1.82, 2.24) is 4.98 Å². The SMILES string of the molecule is Cc1c(N)cc(Br)cc1-c1ncc(-c2ccccc2)o1. The maximum atomic E-state index is 5.98. The Morgan fingerprint density at radius 1 is 1.15 bits per heavy atom. The molecule has 0 spiro atoms. The Bertz CT molecular complexity index is 750. The lowest BCUT2D eigenvalue weighted by molar-refractivity contribution is 0.588. The summed E-state index contributed by atoms with van der Waals surface area (Å²) in [6, 6.07) is 13.7. The van der Waals surface area contributed by atoms with Crippen LogP contribution in [0.4, 0.5) is 5.69 Å². The van der Waals surface area contributed by atoms with Crippen LogP contribution >= 0.6 is 15.9 Å². The molecule has 1 aromatic heterocycles. The Hall–Kier alpha value is -2.07. The van der Waals surface area contributed by atoms with Gasteiger partial charge in [0, 0.05) is 21.3 Å². The molecular weight excluding hydrogens is 316 g/mol. The average Bonchev–Trinajstić information content (AvgIpc) is 2.93. The van der Waals surface area contributed by atoms with Gasteiger partial charge in [0.25, 0.3) is 0 Å². The fraction of sp³-hybridized carbons (Fsp3) is 0.0625. The summed E-state index contributed by atoms with van der Waals surface area (Å²) in [6.07, 6.45) is 1.74. The Balaban J connectivity index is 2.07. The average molecular weight is 329 g/mol. The molecule has 3 aromatic rings. The summed E-state index contributed by atoms with van der Waals surface area (Å²) in [5.41, 5.74) is 9.57. The van der Waals surface area contributed by atoms with Gasteiger partial charge in [0.1, 0.15) is 0 Å². The molecule has 0 fully saturated rings. The summed E-state index contributed by atoms with van der Waals surface area (Å²) in [5.74, 6) is 1.33. The van der Waals surface area contributed by atoms with E-state index in [0.717, 1.165) is 26.9 Å². The minimum atomic E-state index is 0.578. The quantitative estimate of drug-likeness (QED) is 0.696. The second-order valence-electron chi connectivity index (χ2n) is 4.56. The normalized spacial score (nSPS) is 10.7. The summed E-state index contributed by atoms with van der Waals surface area (Å²) in [5, 5.41) is 0. The maximum Gasteiger partial charge on any atom is 0.227 e. The Morgan fingerprint density at radius 2 is 1.90 bits per heavy atom. The van der Waals surface area contributed by atoms with E-state index in [1.54, 1.807) is 6.20 Å². The molecule has 3 rings (SSSR count). The monoisotopic (exact) mass is 328 g/mol. The number of hydrogen-bond acceptors (Lipinski definition) is 3. The van der Waals surface area contributed by atoms with E-state index in [2.05, 4.69) is 20.9 Å². The highest BCUT2D eigenvalue weighted by molar-refractivity contribution is 9.10. The fourth-order valence-corrected chi connectivity index (χ4v) is 2.53. The molecule has 0 amide bonds. The van der Waals surface area contributed by atoms with Gasteiger partial charge >= 0.3 is 0 Å². The van der Waals surface area contributed by atoms with Gasteiger partial charge in [-0.25, -0.2) is 4.98 Å². The first kappa shape index (κ1) is 12.9. The number of benzene rings is 2. The zero-order valence-electron chi connectivity index (χ0n) is 10.9. The molecule has 20 heavy (non-hydrogen) atoms. The van der Waals surface area contributed by atoms with Gasteiger partial charge in [-0.1, -0.05) is 46.3 Å². The molecule has 0 saturated carbocycles.